The summed E-state index contributed by atoms with van der Waals surface area (Å²) in [6, 6.07) is 7.81. The number of rotatable bonds is 17. The lowest BCUT2D eigenvalue weighted by atomic mass is 10.1. The minimum absolute atomic E-state index is 0.0357. The van der Waals surface area contributed by atoms with Crippen molar-refractivity contribution in [3.05, 3.63) is 35.4 Å². The molecule has 6 nitrogen and oxygen atoms in total. The number of nitrogens with zero attached hydrogens (tertiary/aromatic N) is 1. The quantitative estimate of drug-likeness (QED) is 0.214. The number of amides is 1. The molecule has 0 aliphatic rings. The lowest BCUT2D eigenvalue weighted by molar-refractivity contribution is 0.0946. The highest BCUT2D eigenvalue weighted by molar-refractivity contribution is 7.82. The van der Waals surface area contributed by atoms with Gasteiger partial charge in [-0.15, -0.1) is 0 Å². The molecular weight excluding hydrogens is 452 g/mol. The van der Waals surface area contributed by atoms with E-state index in [2.05, 4.69) is 87.7 Å². The van der Waals surface area contributed by atoms with Crippen molar-refractivity contribution in [1.82, 2.24) is 20.9 Å². The van der Waals surface area contributed by atoms with Crippen molar-refractivity contribution in [2.24, 2.45) is 0 Å². The van der Waals surface area contributed by atoms with Crippen LogP contribution in [0, 0.1) is 0 Å². The molecule has 1 aromatic rings. The molecule has 0 fully saturated rings. The van der Waals surface area contributed by atoms with E-state index in [0.29, 0.717) is 25.3 Å². The Kier molecular flexibility index (Phi) is 14.0. The van der Waals surface area contributed by atoms with Crippen LogP contribution in [0.2, 0.25) is 0 Å². The SMILES string of the molecule is CCN(CC)CCNC(=O)c1ccc(COCC(CNCC(C)(C)S)NCC(C)(C)S)cc1. The van der Waals surface area contributed by atoms with Crippen LogP contribution in [0.3, 0.4) is 0 Å². The zero-order valence-corrected chi connectivity index (χ0v) is 23.2. The molecule has 8 heteroatoms. The molecule has 0 aromatic heterocycles. The van der Waals surface area contributed by atoms with Gasteiger partial charge in [0.2, 0.25) is 0 Å². The summed E-state index contributed by atoms with van der Waals surface area (Å²) < 4.78 is 5.84. The highest BCUT2D eigenvalue weighted by atomic mass is 32.1. The van der Waals surface area contributed by atoms with Crippen molar-refractivity contribution in [1.29, 1.82) is 0 Å². The molecule has 1 unspecified atom stereocenters. The summed E-state index contributed by atoms with van der Waals surface area (Å²) in [6.45, 7) is 19.6. The van der Waals surface area contributed by atoms with Crippen molar-refractivity contribution < 1.29 is 9.53 Å². The molecule has 1 rings (SSSR count). The third kappa shape index (κ3) is 15.0. The number of carbonyl (C=O) groups is 1. The number of ether oxygens (including phenoxy) is 1. The van der Waals surface area contributed by atoms with Crippen LogP contribution in [-0.4, -0.2) is 78.8 Å². The number of carbonyl (C=O) groups excluding carboxylic acids is 1. The van der Waals surface area contributed by atoms with Gasteiger partial charge >= 0.3 is 0 Å². The molecule has 190 valence electrons. The number of nitrogens with one attached hydrogen (secondary N) is 3. The van der Waals surface area contributed by atoms with E-state index in [9.17, 15) is 4.79 Å². The first-order chi connectivity index (χ1) is 15.4. The van der Waals surface area contributed by atoms with Crippen LogP contribution in [-0.2, 0) is 11.3 Å². The van der Waals surface area contributed by atoms with Gasteiger partial charge in [0.15, 0.2) is 0 Å². The van der Waals surface area contributed by atoms with Gasteiger partial charge in [0.25, 0.3) is 5.91 Å². The number of hydrogen-bond acceptors (Lipinski definition) is 7. The monoisotopic (exact) mass is 498 g/mol. The van der Waals surface area contributed by atoms with Crippen molar-refractivity contribution in [2.45, 2.75) is 63.7 Å². The zero-order chi connectivity index (χ0) is 24.9. The third-order valence-corrected chi connectivity index (χ3v) is 5.50. The van der Waals surface area contributed by atoms with Crippen LogP contribution in [0.5, 0.6) is 0 Å². The summed E-state index contributed by atoms with van der Waals surface area (Å²) >= 11 is 9.19. The summed E-state index contributed by atoms with van der Waals surface area (Å²) in [5.41, 5.74) is 1.72. The summed E-state index contributed by atoms with van der Waals surface area (Å²) in [5, 5.41) is 10.0. The molecule has 0 aliphatic heterocycles. The molecule has 0 saturated carbocycles. The van der Waals surface area contributed by atoms with E-state index in [1.807, 2.05) is 24.3 Å². The molecule has 3 N–H and O–H groups in total. The fourth-order valence-electron chi connectivity index (χ4n) is 3.18. The van der Waals surface area contributed by atoms with E-state index in [0.717, 1.165) is 44.8 Å². The molecule has 0 heterocycles. The minimum atomic E-state index is -0.0944. The average Bonchev–Trinajstić information content (AvgIpc) is 2.73. The Morgan fingerprint density at radius 2 is 1.64 bits per heavy atom. The molecular formula is C25H46N4O2S2. The van der Waals surface area contributed by atoms with Gasteiger partial charge in [-0.3, -0.25) is 4.79 Å². The molecule has 0 radical (unpaired) electrons. The van der Waals surface area contributed by atoms with Gasteiger partial charge < -0.3 is 25.6 Å². The van der Waals surface area contributed by atoms with Crippen LogP contribution >= 0.6 is 25.3 Å². The van der Waals surface area contributed by atoms with E-state index >= 15 is 0 Å². The molecule has 0 saturated heterocycles. The fraction of sp³-hybridized carbons (Fsp3) is 0.720. The van der Waals surface area contributed by atoms with Crippen LogP contribution in [0.4, 0.5) is 0 Å². The molecule has 33 heavy (non-hydrogen) atoms. The predicted octanol–water partition coefficient (Wildman–Crippen LogP) is 3.24. The highest BCUT2D eigenvalue weighted by Crippen LogP contribution is 2.11. The number of benzene rings is 1. The summed E-state index contributed by atoms with van der Waals surface area (Å²) in [4.78, 5) is 14.6. The topological polar surface area (TPSA) is 65.6 Å². The van der Waals surface area contributed by atoms with E-state index in [1.165, 1.54) is 0 Å². The summed E-state index contributed by atoms with van der Waals surface area (Å²) in [6.07, 6.45) is 0. The average molecular weight is 499 g/mol. The van der Waals surface area contributed by atoms with E-state index < -0.39 is 0 Å². The molecule has 0 aliphatic carbocycles. The van der Waals surface area contributed by atoms with Crippen molar-refractivity contribution in [2.75, 3.05) is 52.4 Å². The number of hydrogen-bond donors (Lipinski definition) is 5. The lowest BCUT2D eigenvalue weighted by Crippen LogP contribution is -2.47. The molecule has 0 bridgehead atoms. The van der Waals surface area contributed by atoms with Crippen molar-refractivity contribution in [3.8, 4) is 0 Å². The number of likely N-dealkylation sites (N-methyl/N-ethyl adjacent to an activating group) is 1. The van der Waals surface area contributed by atoms with Gasteiger partial charge in [-0.05, 0) is 58.5 Å². The van der Waals surface area contributed by atoms with Crippen LogP contribution in [0.15, 0.2) is 24.3 Å². The minimum Gasteiger partial charge on any atom is -0.375 e. The summed E-state index contributed by atoms with van der Waals surface area (Å²) in [5.74, 6) is -0.0357. The first kappa shape index (κ1) is 30.3. The van der Waals surface area contributed by atoms with E-state index in [4.69, 9.17) is 4.74 Å². The second-order valence-electron chi connectivity index (χ2n) is 9.83. The molecule has 1 atom stereocenters. The Morgan fingerprint density at radius 3 is 2.18 bits per heavy atom. The molecule has 1 amide bonds. The van der Waals surface area contributed by atoms with Gasteiger partial charge in [0.1, 0.15) is 0 Å². The standard InChI is InChI=1S/C25H46N4O2S2/c1-7-29(8-2)14-13-27-23(30)21-11-9-20(10-12-21)16-31-17-22(28-19-25(5,6)33)15-26-18-24(3,4)32/h9-12,22,26,28,32-33H,7-8,13-19H2,1-6H3,(H,27,30). The Bertz CT molecular complexity index is 668. The van der Waals surface area contributed by atoms with Crippen molar-refractivity contribution in [3.63, 3.8) is 0 Å². The van der Waals surface area contributed by atoms with Gasteiger partial charge in [0, 0.05) is 53.8 Å². The van der Waals surface area contributed by atoms with E-state index in [-0.39, 0.29) is 21.4 Å². The third-order valence-electron chi connectivity index (χ3n) is 5.18. The Hall–Kier alpha value is -0.770. The highest BCUT2D eigenvalue weighted by Gasteiger charge is 2.17. The molecule has 0 spiro atoms. The van der Waals surface area contributed by atoms with Gasteiger partial charge in [0.05, 0.1) is 13.2 Å². The van der Waals surface area contributed by atoms with Gasteiger partial charge in [-0.1, -0.05) is 26.0 Å². The predicted molar refractivity (Wildman–Crippen MR) is 147 cm³/mol. The maximum Gasteiger partial charge on any atom is 0.251 e. The first-order valence-electron chi connectivity index (χ1n) is 12.0. The van der Waals surface area contributed by atoms with Crippen LogP contribution in [0.1, 0.15) is 57.5 Å². The molecule has 1 aromatic carbocycles. The summed E-state index contributed by atoms with van der Waals surface area (Å²) in [7, 11) is 0. The number of thiol groups is 2. The van der Waals surface area contributed by atoms with Gasteiger partial charge in [-0.2, -0.15) is 25.3 Å². The van der Waals surface area contributed by atoms with Crippen LogP contribution in [0.25, 0.3) is 0 Å². The maximum atomic E-state index is 12.4. The Morgan fingerprint density at radius 1 is 1.03 bits per heavy atom. The second kappa shape index (κ2) is 15.3. The Labute approximate surface area is 212 Å². The smallest absolute Gasteiger partial charge is 0.251 e. The second-order valence-corrected chi connectivity index (χ2v) is 12.2. The maximum absolute atomic E-state index is 12.4. The Balaban J connectivity index is 2.48. The van der Waals surface area contributed by atoms with Crippen LogP contribution < -0.4 is 16.0 Å². The fourth-order valence-corrected chi connectivity index (χ4v) is 3.38. The first-order valence-corrected chi connectivity index (χ1v) is 12.9. The van der Waals surface area contributed by atoms with Crippen molar-refractivity contribution >= 4 is 31.2 Å². The zero-order valence-electron chi connectivity index (χ0n) is 21.4. The largest absolute Gasteiger partial charge is 0.375 e. The normalized spacial score (nSPS) is 13.4. The van der Waals surface area contributed by atoms with E-state index in [1.54, 1.807) is 0 Å². The van der Waals surface area contributed by atoms with Gasteiger partial charge in [-0.25, -0.2) is 0 Å². The lowest BCUT2D eigenvalue weighted by Gasteiger charge is -2.26.